The minimum Gasteiger partial charge on any atom is -0.351 e. The zero-order chi connectivity index (χ0) is 15.1. The topological polar surface area (TPSA) is 67.2 Å². The highest BCUT2D eigenvalue weighted by Gasteiger charge is 2.24. The van der Waals surface area contributed by atoms with Gasteiger partial charge in [0.2, 0.25) is 11.2 Å². The van der Waals surface area contributed by atoms with Crippen LogP contribution >= 0.6 is 27.5 Å². The van der Waals surface area contributed by atoms with E-state index < -0.39 is 0 Å². The number of rotatable bonds is 1. The molecule has 0 aromatic carbocycles. The molecule has 1 amide bonds. The maximum Gasteiger partial charge on any atom is 0.226 e. The Kier molecular flexibility index (Phi) is 3.75. The first-order chi connectivity index (χ1) is 9.97. The lowest BCUT2D eigenvalue weighted by molar-refractivity contribution is -0.129. The maximum absolute atomic E-state index is 11.4. The standard InChI is InChI=1S/C12H14BrClN6O/c1-7(21)19-3-5-20(6-4-19)10-8-9(16-12(14)17-10)18(2)11(13)15-8/h3-6H2,1-2H3. The van der Waals surface area contributed by atoms with Crippen molar-refractivity contribution in [3.8, 4) is 0 Å². The van der Waals surface area contributed by atoms with Gasteiger partial charge in [-0.2, -0.15) is 9.97 Å². The molecule has 1 fully saturated rings. The molecule has 0 saturated carbocycles. The van der Waals surface area contributed by atoms with Crippen LogP contribution in [0, 0.1) is 0 Å². The maximum atomic E-state index is 11.4. The van der Waals surface area contributed by atoms with Crippen LogP contribution < -0.4 is 4.90 Å². The van der Waals surface area contributed by atoms with E-state index in [1.807, 2.05) is 16.5 Å². The average Bonchev–Trinajstić information content (AvgIpc) is 2.74. The molecule has 3 rings (SSSR count). The molecule has 0 atom stereocenters. The largest absolute Gasteiger partial charge is 0.351 e. The van der Waals surface area contributed by atoms with E-state index in [2.05, 4.69) is 35.8 Å². The monoisotopic (exact) mass is 372 g/mol. The fourth-order valence-electron chi connectivity index (χ4n) is 2.45. The summed E-state index contributed by atoms with van der Waals surface area (Å²) in [5.41, 5.74) is 1.40. The van der Waals surface area contributed by atoms with Crippen molar-refractivity contribution < 1.29 is 4.79 Å². The molecule has 0 aliphatic carbocycles. The normalized spacial score (nSPS) is 15.8. The van der Waals surface area contributed by atoms with Crippen LogP contribution in [0.25, 0.3) is 11.2 Å². The zero-order valence-electron chi connectivity index (χ0n) is 11.7. The predicted molar refractivity (Wildman–Crippen MR) is 83.5 cm³/mol. The Morgan fingerprint density at radius 1 is 1.19 bits per heavy atom. The lowest BCUT2D eigenvalue weighted by Crippen LogP contribution is -2.48. The van der Waals surface area contributed by atoms with Crippen molar-refractivity contribution in [3.63, 3.8) is 0 Å². The highest BCUT2D eigenvalue weighted by molar-refractivity contribution is 9.10. The van der Waals surface area contributed by atoms with E-state index in [4.69, 9.17) is 11.6 Å². The summed E-state index contributed by atoms with van der Waals surface area (Å²) in [4.78, 5) is 28.3. The van der Waals surface area contributed by atoms with Crippen LogP contribution in [-0.4, -0.2) is 56.5 Å². The van der Waals surface area contributed by atoms with Crippen LogP contribution in [0.3, 0.4) is 0 Å². The molecule has 7 nitrogen and oxygen atoms in total. The number of carbonyl (C=O) groups is 1. The van der Waals surface area contributed by atoms with E-state index in [1.54, 1.807) is 6.92 Å². The van der Waals surface area contributed by atoms with Crippen molar-refractivity contribution in [2.75, 3.05) is 31.1 Å². The summed E-state index contributed by atoms with van der Waals surface area (Å²) in [5.74, 6) is 0.815. The third-order valence-corrected chi connectivity index (χ3v) is 4.52. The molecule has 9 heteroatoms. The van der Waals surface area contributed by atoms with Crippen molar-refractivity contribution in [2.45, 2.75) is 6.92 Å². The number of fused-ring (bicyclic) bond motifs is 1. The molecule has 21 heavy (non-hydrogen) atoms. The molecule has 0 bridgehead atoms. The van der Waals surface area contributed by atoms with Gasteiger partial charge >= 0.3 is 0 Å². The number of hydrogen-bond donors (Lipinski definition) is 0. The molecule has 1 aliphatic heterocycles. The summed E-state index contributed by atoms with van der Waals surface area (Å²) in [6.07, 6.45) is 0. The van der Waals surface area contributed by atoms with Gasteiger partial charge in [0.15, 0.2) is 21.7 Å². The molecule has 1 aliphatic rings. The second kappa shape index (κ2) is 5.42. The van der Waals surface area contributed by atoms with Crippen molar-refractivity contribution in [3.05, 3.63) is 10.0 Å². The summed E-state index contributed by atoms with van der Waals surface area (Å²) in [6, 6.07) is 0. The Bertz CT molecular complexity index is 709. The zero-order valence-corrected chi connectivity index (χ0v) is 14.0. The van der Waals surface area contributed by atoms with Crippen LogP contribution in [-0.2, 0) is 11.8 Å². The van der Waals surface area contributed by atoms with Gasteiger partial charge in [0.25, 0.3) is 0 Å². The number of nitrogens with zero attached hydrogens (tertiary/aromatic N) is 6. The fourth-order valence-corrected chi connectivity index (χ4v) is 2.95. The number of aromatic nitrogens is 4. The average molecular weight is 374 g/mol. The van der Waals surface area contributed by atoms with Gasteiger partial charge in [0, 0.05) is 40.2 Å². The first-order valence-electron chi connectivity index (χ1n) is 6.53. The molecule has 3 heterocycles. The fraction of sp³-hybridized carbons (Fsp3) is 0.500. The van der Waals surface area contributed by atoms with E-state index in [-0.39, 0.29) is 11.2 Å². The van der Waals surface area contributed by atoms with Gasteiger partial charge in [0.1, 0.15) is 0 Å². The number of halogens is 2. The molecule has 2 aromatic rings. The van der Waals surface area contributed by atoms with E-state index >= 15 is 0 Å². The molecule has 0 spiro atoms. The number of anilines is 1. The Hall–Kier alpha value is -1.41. The lowest BCUT2D eigenvalue weighted by atomic mass is 10.3. The Labute approximate surface area is 135 Å². The van der Waals surface area contributed by atoms with E-state index in [9.17, 15) is 4.79 Å². The number of hydrogen-bond acceptors (Lipinski definition) is 5. The van der Waals surface area contributed by atoms with Gasteiger partial charge < -0.3 is 14.4 Å². The Balaban J connectivity index is 1.98. The van der Waals surface area contributed by atoms with Gasteiger partial charge in [0.05, 0.1) is 0 Å². The number of imidazole rings is 1. The number of aryl methyl sites for hydroxylation is 1. The second-order valence-corrected chi connectivity index (χ2v) is 5.97. The number of piperazine rings is 1. The van der Waals surface area contributed by atoms with Crippen molar-refractivity contribution >= 4 is 50.4 Å². The van der Waals surface area contributed by atoms with Gasteiger partial charge in [-0.15, -0.1) is 0 Å². The van der Waals surface area contributed by atoms with Crippen molar-refractivity contribution in [2.24, 2.45) is 7.05 Å². The molecule has 1 saturated heterocycles. The highest BCUT2D eigenvalue weighted by Crippen LogP contribution is 2.27. The minimum absolute atomic E-state index is 0.0982. The number of carbonyl (C=O) groups excluding carboxylic acids is 1. The summed E-state index contributed by atoms with van der Waals surface area (Å²) in [7, 11) is 1.86. The number of amides is 1. The summed E-state index contributed by atoms with van der Waals surface area (Å²) in [6.45, 7) is 4.34. The predicted octanol–water partition coefficient (Wildman–Crippen LogP) is 1.45. The molecule has 112 valence electrons. The minimum atomic E-state index is 0.0982. The smallest absolute Gasteiger partial charge is 0.226 e. The third kappa shape index (κ3) is 2.57. The van der Waals surface area contributed by atoms with Gasteiger partial charge in [-0.1, -0.05) is 0 Å². The van der Waals surface area contributed by atoms with Gasteiger partial charge in [-0.25, -0.2) is 4.98 Å². The Morgan fingerprint density at radius 3 is 2.48 bits per heavy atom. The molecular formula is C12H14BrClN6O. The SMILES string of the molecule is CC(=O)N1CCN(c2nc(Cl)nc3c2nc(Br)n3C)CC1. The highest BCUT2D eigenvalue weighted by atomic mass is 79.9. The summed E-state index contributed by atoms with van der Waals surface area (Å²) < 4.78 is 2.50. The van der Waals surface area contributed by atoms with E-state index in [0.717, 1.165) is 5.82 Å². The van der Waals surface area contributed by atoms with Crippen molar-refractivity contribution in [1.82, 2.24) is 24.4 Å². The Morgan fingerprint density at radius 2 is 1.86 bits per heavy atom. The van der Waals surface area contributed by atoms with Gasteiger partial charge in [-0.3, -0.25) is 4.79 Å². The molecule has 0 radical (unpaired) electrons. The molecule has 0 N–H and O–H groups in total. The molecule has 2 aromatic heterocycles. The third-order valence-electron chi connectivity index (χ3n) is 3.64. The first kappa shape index (κ1) is 14.5. The quantitative estimate of drug-likeness (QED) is 0.559. The summed E-state index contributed by atoms with van der Waals surface area (Å²) in [5, 5.41) is 0.196. The van der Waals surface area contributed by atoms with E-state index in [0.29, 0.717) is 42.1 Å². The van der Waals surface area contributed by atoms with Crippen LogP contribution in [0.1, 0.15) is 6.92 Å². The van der Waals surface area contributed by atoms with Crippen LogP contribution in [0.15, 0.2) is 4.73 Å². The lowest BCUT2D eigenvalue weighted by Gasteiger charge is -2.34. The van der Waals surface area contributed by atoms with Crippen LogP contribution in [0.4, 0.5) is 5.82 Å². The molecular weight excluding hydrogens is 360 g/mol. The van der Waals surface area contributed by atoms with Crippen LogP contribution in [0.2, 0.25) is 5.28 Å². The molecule has 0 unspecified atom stereocenters. The summed E-state index contributed by atoms with van der Waals surface area (Å²) >= 11 is 9.42. The van der Waals surface area contributed by atoms with Crippen molar-refractivity contribution in [1.29, 1.82) is 0 Å². The second-order valence-electron chi connectivity index (χ2n) is 4.92. The first-order valence-corrected chi connectivity index (χ1v) is 7.70. The van der Waals surface area contributed by atoms with Crippen LogP contribution in [0.5, 0.6) is 0 Å². The van der Waals surface area contributed by atoms with E-state index in [1.165, 1.54) is 0 Å². The van der Waals surface area contributed by atoms with Gasteiger partial charge in [-0.05, 0) is 27.5 Å².